The Hall–Kier alpha value is -2.79. The van der Waals surface area contributed by atoms with Gasteiger partial charge in [-0.1, -0.05) is 29.5 Å². The van der Waals surface area contributed by atoms with Crippen molar-refractivity contribution in [1.29, 1.82) is 5.26 Å². The van der Waals surface area contributed by atoms with Crippen LogP contribution in [0.3, 0.4) is 0 Å². The molecule has 1 aliphatic carbocycles. The average Bonchev–Trinajstić information content (AvgIpc) is 3.29. The van der Waals surface area contributed by atoms with Crippen molar-refractivity contribution in [2.75, 3.05) is 20.1 Å². The highest BCUT2D eigenvalue weighted by Crippen LogP contribution is 2.39. The Balaban J connectivity index is 1.62. The molecule has 1 aromatic heterocycles. The maximum Gasteiger partial charge on any atom is 0.148 e. The molecule has 0 unspecified atom stereocenters. The molecular weight excluding hydrogens is 418 g/mol. The maximum absolute atomic E-state index is 9.55. The van der Waals surface area contributed by atoms with Gasteiger partial charge in [0.05, 0.1) is 11.7 Å². The van der Waals surface area contributed by atoms with Gasteiger partial charge < -0.3 is 15.4 Å². The normalized spacial score (nSPS) is 15.4. The molecule has 0 amide bonds. The number of ether oxygens (including phenoxy) is 1. The third kappa shape index (κ3) is 4.83. The van der Waals surface area contributed by atoms with Crippen LogP contribution in [0.15, 0.2) is 36.4 Å². The first kappa shape index (κ1) is 22.4. The molecule has 7 heteroatoms. The first-order valence-corrected chi connectivity index (χ1v) is 12.0. The van der Waals surface area contributed by atoms with Gasteiger partial charge in [0.2, 0.25) is 0 Å². The highest BCUT2D eigenvalue weighted by atomic mass is 32.1. The SMILES string of the molecule is CNCCN[C@@H]1CCCc2c(-c3nnc(-c4ccc(OC(C)C)c(C#N)c4)s3)cccc21. The van der Waals surface area contributed by atoms with E-state index in [1.807, 2.05) is 39.1 Å². The summed E-state index contributed by atoms with van der Waals surface area (Å²) in [7, 11) is 1.98. The smallest absolute Gasteiger partial charge is 0.148 e. The summed E-state index contributed by atoms with van der Waals surface area (Å²) < 4.78 is 5.74. The Morgan fingerprint density at radius 2 is 2.03 bits per heavy atom. The molecule has 4 rings (SSSR count). The van der Waals surface area contributed by atoms with Crippen LogP contribution in [-0.4, -0.2) is 36.4 Å². The zero-order valence-electron chi connectivity index (χ0n) is 18.8. The van der Waals surface area contributed by atoms with Crippen molar-refractivity contribution >= 4 is 11.3 Å². The molecule has 1 heterocycles. The van der Waals surface area contributed by atoms with E-state index >= 15 is 0 Å². The Morgan fingerprint density at radius 3 is 2.81 bits per heavy atom. The van der Waals surface area contributed by atoms with E-state index in [-0.39, 0.29) is 6.10 Å². The summed E-state index contributed by atoms with van der Waals surface area (Å²) in [4.78, 5) is 0. The summed E-state index contributed by atoms with van der Waals surface area (Å²) in [5, 5.41) is 27.1. The molecular formula is C25H29N5OS. The summed E-state index contributed by atoms with van der Waals surface area (Å²) in [6.45, 7) is 5.81. The standard InChI is InChI=1S/C25H29N5OS/c1-16(2)31-23-11-10-17(14-18(23)15-26)24-29-30-25(32-24)21-8-4-7-20-19(21)6-5-9-22(20)28-13-12-27-3/h4,7-8,10-11,14,16,22,27-28H,5-6,9,12-13H2,1-3H3/t22-/m1/s1. The molecule has 3 aromatic rings. The highest BCUT2D eigenvalue weighted by molar-refractivity contribution is 7.17. The molecule has 2 N–H and O–H groups in total. The number of nitrogens with zero attached hydrogens (tertiary/aromatic N) is 3. The van der Waals surface area contributed by atoms with Gasteiger partial charge in [0.25, 0.3) is 0 Å². The Morgan fingerprint density at radius 1 is 1.19 bits per heavy atom. The minimum Gasteiger partial charge on any atom is -0.490 e. The number of rotatable bonds is 8. The molecule has 2 aromatic carbocycles. The van der Waals surface area contributed by atoms with Gasteiger partial charge in [-0.25, -0.2) is 0 Å². The molecule has 0 spiro atoms. The monoisotopic (exact) mass is 447 g/mol. The zero-order valence-corrected chi connectivity index (χ0v) is 19.6. The van der Waals surface area contributed by atoms with E-state index in [1.54, 1.807) is 11.3 Å². The molecule has 0 saturated heterocycles. The van der Waals surface area contributed by atoms with Crippen LogP contribution in [0.25, 0.3) is 21.1 Å². The van der Waals surface area contributed by atoms with Crippen LogP contribution in [0.2, 0.25) is 0 Å². The van der Waals surface area contributed by atoms with Crippen molar-refractivity contribution in [1.82, 2.24) is 20.8 Å². The second-order valence-corrected chi connectivity index (χ2v) is 9.26. The number of hydrogen-bond donors (Lipinski definition) is 2. The molecule has 1 atom stereocenters. The summed E-state index contributed by atoms with van der Waals surface area (Å²) in [6, 6.07) is 14.8. The van der Waals surface area contributed by atoms with Crippen molar-refractivity contribution in [2.24, 2.45) is 0 Å². The van der Waals surface area contributed by atoms with Crippen molar-refractivity contribution in [2.45, 2.75) is 45.3 Å². The topological polar surface area (TPSA) is 82.9 Å². The number of nitriles is 1. The van der Waals surface area contributed by atoms with Gasteiger partial charge >= 0.3 is 0 Å². The van der Waals surface area contributed by atoms with Crippen LogP contribution >= 0.6 is 11.3 Å². The van der Waals surface area contributed by atoms with Gasteiger partial charge in [-0.3, -0.25) is 0 Å². The predicted molar refractivity (Wildman–Crippen MR) is 129 cm³/mol. The maximum atomic E-state index is 9.55. The van der Waals surface area contributed by atoms with Crippen LogP contribution < -0.4 is 15.4 Å². The lowest BCUT2D eigenvalue weighted by Crippen LogP contribution is -2.31. The van der Waals surface area contributed by atoms with Crippen molar-refractivity contribution in [3.8, 4) is 33.0 Å². The summed E-state index contributed by atoms with van der Waals surface area (Å²) >= 11 is 1.57. The fourth-order valence-electron chi connectivity index (χ4n) is 4.19. The largest absolute Gasteiger partial charge is 0.490 e. The number of nitrogens with one attached hydrogen (secondary N) is 2. The average molecular weight is 448 g/mol. The molecule has 32 heavy (non-hydrogen) atoms. The first-order valence-electron chi connectivity index (χ1n) is 11.2. The van der Waals surface area contributed by atoms with E-state index in [1.165, 1.54) is 16.7 Å². The predicted octanol–water partition coefficient (Wildman–Crippen LogP) is 4.72. The van der Waals surface area contributed by atoms with Gasteiger partial charge in [0, 0.05) is 30.3 Å². The van der Waals surface area contributed by atoms with E-state index in [4.69, 9.17) is 4.74 Å². The van der Waals surface area contributed by atoms with Crippen molar-refractivity contribution < 1.29 is 4.74 Å². The molecule has 1 aliphatic rings. The number of fused-ring (bicyclic) bond motifs is 1. The molecule has 0 bridgehead atoms. The minimum atomic E-state index is 0.0156. The van der Waals surface area contributed by atoms with Crippen LogP contribution in [0.4, 0.5) is 0 Å². The summed E-state index contributed by atoms with van der Waals surface area (Å²) in [5.74, 6) is 0.602. The first-order chi connectivity index (χ1) is 15.6. The Labute approximate surface area is 193 Å². The van der Waals surface area contributed by atoms with Crippen LogP contribution in [0.5, 0.6) is 5.75 Å². The van der Waals surface area contributed by atoms with E-state index in [9.17, 15) is 5.26 Å². The van der Waals surface area contributed by atoms with Gasteiger partial charge in [0.1, 0.15) is 21.8 Å². The number of hydrogen-bond acceptors (Lipinski definition) is 7. The van der Waals surface area contributed by atoms with E-state index in [0.29, 0.717) is 17.4 Å². The molecule has 0 fully saturated rings. The zero-order chi connectivity index (χ0) is 22.5. The Kier molecular flexibility index (Phi) is 7.15. The molecule has 0 aliphatic heterocycles. The molecule has 6 nitrogen and oxygen atoms in total. The number of likely N-dealkylation sites (N-methyl/N-ethyl adjacent to an activating group) is 1. The summed E-state index contributed by atoms with van der Waals surface area (Å²) in [5.41, 5.74) is 5.33. The van der Waals surface area contributed by atoms with Crippen LogP contribution in [-0.2, 0) is 6.42 Å². The second-order valence-electron chi connectivity index (χ2n) is 8.28. The third-order valence-corrected chi connectivity index (χ3v) is 6.64. The fourth-order valence-corrected chi connectivity index (χ4v) is 5.08. The van der Waals surface area contributed by atoms with Gasteiger partial charge in [0.15, 0.2) is 0 Å². The number of benzene rings is 2. The van der Waals surface area contributed by atoms with Gasteiger partial charge in [-0.05, 0) is 69.5 Å². The highest BCUT2D eigenvalue weighted by Gasteiger charge is 2.23. The van der Waals surface area contributed by atoms with E-state index < -0.39 is 0 Å². The Bertz CT molecular complexity index is 1120. The lowest BCUT2D eigenvalue weighted by atomic mass is 9.85. The van der Waals surface area contributed by atoms with Crippen molar-refractivity contribution in [3.63, 3.8) is 0 Å². The van der Waals surface area contributed by atoms with E-state index in [2.05, 4.69) is 45.1 Å². The van der Waals surface area contributed by atoms with Crippen LogP contribution in [0, 0.1) is 11.3 Å². The molecule has 0 radical (unpaired) electrons. The van der Waals surface area contributed by atoms with Gasteiger partial charge in [-0.2, -0.15) is 5.26 Å². The van der Waals surface area contributed by atoms with E-state index in [0.717, 1.165) is 47.9 Å². The van der Waals surface area contributed by atoms with Crippen LogP contribution in [0.1, 0.15) is 49.4 Å². The molecule has 0 saturated carbocycles. The third-order valence-electron chi connectivity index (χ3n) is 5.64. The quantitative estimate of drug-likeness (QED) is 0.486. The number of aromatic nitrogens is 2. The molecule has 166 valence electrons. The second kappa shape index (κ2) is 10.2. The van der Waals surface area contributed by atoms with Crippen molar-refractivity contribution in [3.05, 3.63) is 53.1 Å². The fraction of sp³-hybridized carbons (Fsp3) is 0.400. The summed E-state index contributed by atoms with van der Waals surface area (Å²) in [6.07, 6.45) is 3.39. The lowest BCUT2D eigenvalue weighted by Gasteiger charge is -2.28. The van der Waals surface area contributed by atoms with Gasteiger partial charge in [-0.15, -0.1) is 10.2 Å². The lowest BCUT2D eigenvalue weighted by molar-refractivity contribution is 0.242. The minimum absolute atomic E-state index is 0.0156.